The molecule has 6 nitrogen and oxygen atoms in total. The number of rotatable bonds is 7. The van der Waals surface area contributed by atoms with Crippen LogP contribution in [0.4, 0.5) is 0 Å². The third-order valence-electron chi connectivity index (χ3n) is 6.18. The number of carbonyl (C=O) groups is 1. The maximum Gasteiger partial charge on any atom is 0.252 e. The summed E-state index contributed by atoms with van der Waals surface area (Å²) >= 11 is 1.62. The normalized spacial score (nSPS) is 15.2. The highest BCUT2D eigenvalue weighted by atomic mass is 32.1. The Hall–Kier alpha value is -3.26. The Morgan fingerprint density at radius 1 is 1.12 bits per heavy atom. The summed E-state index contributed by atoms with van der Waals surface area (Å²) in [7, 11) is 1.66. The van der Waals surface area contributed by atoms with E-state index in [0.29, 0.717) is 25.3 Å². The Morgan fingerprint density at radius 2 is 1.91 bits per heavy atom. The number of hydrogen-bond acceptors (Lipinski definition) is 6. The standard InChI is InChI=1S/C27H27N3O3S/c1-32-20-10-8-19(9-11-20)25(30-12-14-33-15-13-30)18-28-27(31)22-17-24(26-7-4-16-34-26)29-23-6-3-2-5-21(22)23/h2-11,16-17,25H,12-15,18H2,1H3,(H,28,31). The zero-order chi connectivity index (χ0) is 23.3. The van der Waals surface area contributed by atoms with E-state index in [1.165, 1.54) is 0 Å². The monoisotopic (exact) mass is 473 g/mol. The second kappa shape index (κ2) is 10.3. The van der Waals surface area contributed by atoms with E-state index in [2.05, 4.69) is 22.3 Å². The van der Waals surface area contributed by atoms with Crippen molar-refractivity contribution in [1.82, 2.24) is 15.2 Å². The summed E-state index contributed by atoms with van der Waals surface area (Å²) in [5, 5.41) is 6.09. The molecule has 2 aromatic carbocycles. The first-order valence-corrected chi connectivity index (χ1v) is 12.3. The third kappa shape index (κ3) is 4.82. The molecule has 3 heterocycles. The first-order valence-electron chi connectivity index (χ1n) is 11.4. The SMILES string of the molecule is COc1ccc(C(CNC(=O)c2cc(-c3cccs3)nc3ccccc23)N2CCOCC2)cc1. The third-order valence-corrected chi connectivity index (χ3v) is 7.07. The lowest BCUT2D eigenvalue weighted by Gasteiger charge is -2.35. The van der Waals surface area contributed by atoms with Gasteiger partial charge in [0.1, 0.15) is 5.75 Å². The number of fused-ring (bicyclic) bond motifs is 1. The van der Waals surface area contributed by atoms with Crippen LogP contribution in [-0.4, -0.2) is 55.7 Å². The summed E-state index contributed by atoms with van der Waals surface area (Å²) in [5.74, 6) is 0.723. The smallest absolute Gasteiger partial charge is 0.252 e. The average molecular weight is 474 g/mol. The lowest BCUT2D eigenvalue weighted by Crippen LogP contribution is -2.43. The van der Waals surface area contributed by atoms with Gasteiger partial charge in [0.2, 0.25) is 0 Å². The van der Waals surface area contributed by atoms with Gasteiger partial charge >= 0.3 is 0 Å². The van der Waals surface area contributed by atoms with Gasteiger partial charge in [-0.3, -0.25) is 9.69 Å². The number of methoxy groups -OCH3 is 1. The van der Waals surface area contributed by atoms with Gasteiger partial charge in [0.05, 0.1) is 48.0 Å². The van der Waals surface area contributed by atoms with Crippen molar-refractivity contribution in [3.05, 3.63) is 83.2 Å². The zero-order valence-corrected chi connectivity index (χ0v) is 19.9. The van der Waals surface area contributed by atoms with E-state index in [1.54, 1.807) is 18.4 Å². The number of thiophene rings is 1. The quantitative estimate of drug-likeness (QED) is 0.419. The van der Waals surface area contributed by atoms with Crippen LogP contribution in [0.1, 0.15) is 22.0 Å². The van der Waals surface area contributed by atoms with Crippen molar-refractivity contribution in [1.29, 1.82) is 0 Å². The summed E-state index contributed by atoms with van der Waals surface area (Å²) in [4.78, 5) is 21.7. The van der Waals surface area contributed by atoms with Crippen molar-refractivity contribution < 1.29 is 14.3 Å². The Kier molecular flexibility index (Phi) is 6.85. The summed E-state index contributed by atoms with van der Waals surface area (Å²) in [5.41, 5.74) is 3.42. The largest absolute Gasteiger partial charge is 0.497 e. The fraction of sp³-hybridized carbons (Fsp3) is 0.259. The number of amides is 1. The van der Waals surface area contributed by atoms with Gasteiger partial charge in [0, 0.05) is 25.0 Å². The van der Waals surface area contributed by atoms with Crippen LogP contribution in [0.2, 0.25) is 0 Å². The van der Waals surface area contributed by atoms with Crippen molar-refractivity contribution in [3.63, 3.8) is 0 Å². The van der Waals surface area contributed by atoms with Crippen LogP contribution in [0.3, 0.4) is 0 Å². The molecule has 1 fully saturated rings. The van der Waals surface area contributed by atoms with Crippen LogP contribution >= 0.6 is 11.3 Å². The fourth-order valence-corrected chi connectivity index (χ4v) is 5.06. The van der Waals surface area contributed by atoms with E-state index < -0.39 is 0 Å². The van der Waals surface area contributed by atoms with Crippen LogP contribution in [-0.2, 0) is 4.74 Å². The molecule has 1 aliphatic rings. The van der Waals surface area contributed by atoms with E-state index >= 15 is 0 Å². The predicted octanol–water partition coefficient (Wildman–Crippen LogP) is 4.78. The highest BCUT2D eigenvalue weighted by molar-refractivity contribution is 7.13. The molecule has 5 rings (SSSR count). The van der Waals surface area contributed by atoms with E-state index in [0.717, 1.165) is 45.9 Å². The van der Waals surface area contributed by atoms with Crippen molar-refractivity contribution in [2.45, 2.75) is 6.04 Å². The number of nitrogens with one attached hydrogen (secondary N) is 1. The Balaban J connectivity index is 1.43. The van der Waals surface area contributed by atoms with Crippen LogP contribution in [0, 0.1) is 0 Å². The molecule has 0 bridgehead atoms. The maximum absolute atomic E-state index is 13.5. The van der Waals surface area contributed by atoms with E-state index in [9.17, 15) is 4.79 Å². The van der Waals surface area contributed by atoms with Gasteiger partial charge in [-0.25, -0.2) is 4.98 Å². The highest BCUT2D eigenvalue weighted by Crippen LogP contribution is 2.28. The minimum atomic E-state index is -0.0943. The molecule has 1 aliphatic heterocycles. The number of para-hydroxylation sites is 1. The molecular weight excluding hydrogens is 446 g/mol. The van der Waals surface area contributed by atoms with E-state index in [-0.39, 0.29) is 11.9 Å². The molecule has 2 aromatic heterocycles. The van der Waals surface area contributed by atoms with Crippen LogP contribution < -0.4 is 10.1 Å². The minimum Gasteiger partial charge on any atom is -0.497 e. The second-order valence-corrected chi connectivity index (χ2v) is 9.14. The van der Waals surface area contributed by atoms with Gasteiger partial charge in [0.25, 0.3) is 5.91 Å². The first-order chi connectivity index (χ1) is 16.7. The molecule has 1 saturated heterocycles. The summed E-state index contributed by atoms with van der Waals surface area (Å²) in [6.07, 6.45) is 0. The van der Waals surface area contributed by atoms with Crippen molar-refractivity contribution in [2.24, 2.45) is 0 Å². The van der Waals surface area contributed by atoms with Gasteiger partial charge < -0.3 is 14.8 Å². The van der Waals surface area contributed by atoms with Crippen LogP contribution in [0.25, 0.3) is 21.5 Å². The van der Waals surface area contributed by atoms with Gasteiger partial charge in [-0.2, -0.15) is 0 Å². The molecule has 1 unspecified atom stereocenters. The first kappa shape index (κ1) is 22.5. The molecule has 0 saturated carbocycles. The Morgan fingerprint density at radius 3 is 2.65 bits per heavy atom. The molecule has 4 aromatic rings. The lowest BCUT2D eigenvalue weighted by molar-refractivity contribution is 0.0162. The number of pyridine rings is 1. The Labute approximate surface area is 203 Å². The second-order valence-electron chi connectivity index (χ2n) is 8.20. The summed E-state index contributed by atoms with van der Waals surface area (Å²) in [6, 6.07) is 21.9. The average Bonchev–Trinajstić information content (AvgIpc) is 3.44. The lowest BCUT2D eigenvalue weighted by atomic mass is 10.0. The van der Waals surface area contributed by atoms with Crippen LogP contribution in [0.15, 0.2) is 72.1 Å². The highest BCUT2D eigenvalue weighted by Gasteiger charge is 2.24. The predicted molar refractivity (Wildman–Crippen MR) is 136 cm³/mol. The molecular formula is C27H27N3O3S. The number of hydrogen-bond donors (Lipinski definition) is 1. The maximum atomic E-state index is 13.5. The van der Waals surface area contributed by atoms with Gasteiger partial charge in [-0.05, 0) is 41.3 Å². The molecule has 1 atom stereocenters. The molecule has 34 heavy (non-hydrogen) atoms. The molecule has 1 amide bonds. The number of carbonyl (C=O) groups excluding carboxylic acids is 1. The zero-order valence-electron chi connectivity index (χ0n) is 19.1. The van der Waals surface area contributed by atoms with Gasteiger partial charge in [-0.1, -0.05) is 36.4 Å². The molecule has 0 spiro atoms. The van der Waals surface area contributed by atoms with Gasteiger partial charge in [-0.15, -0.1) is 11.3 Å². The number of nitrogens with zero attached hydrogens (tertiary/aromatic N) is 2. The molecule has 7 heteroatoms. The molecule has 0 radical (unpaired) electrons. The molecule has 174 valence electrons. The minimum absolute atomic E-state index is 0.0450. The Bertz CT molecular complexity index is 1250. The van der Waals surface area contributed by atoms with E-state index in [4.69, 9.17) is 14.5 Å². The molecule has 0 aliphatic carbocycles. The molecule has 1 N–H and O–H groups in total. The fourth-order valence-electron chi connectivity index (χ4n) is 4.37. The summed E-state index contributed by atoms with van der Waals surface area (Å²) < 4.78 is 10.9. The van der Waals surface area contributed by atoms with Crippen molar-refractivity contribution >= 4 is 28.1 Å². The van der Waals surface area contributed by atoms with Crippen molar-refractivity contribution in [3.8, 4) is 16.3 Å². The van der Waals surface area contributed by atoms with Crippen molar-refractivity contribution in [2.75, 3.05) is 40.0 Å². The van der Waals surface area contributed by atoms with Crippen LogP contribution in [0.5, 0.6) is 5.75 Å². The number of ether oxygens (including phenoxy) is 2. The van der Waals surface area contributed by atoms with E-state index in [1.807, 2.05) is 60.0 Å². The number of morpholine rings is 1. The van der Waals surface area contributed by atoms with Gasteiger partial charge in [0.15, 0.2) is 0 Å². The number of aromatic nitrogens is 1. The number of benzene rings is 2. The topological polar surface area (TPSA) is 63.7 Å². The summed E-state index contributed by atoms with van der Waals surface area (Å²) in [6.45, 7) is 3.54.